The van der Waals surface area contributed by atoms with Gasteiger partial charge in [-0.25, -0.2) is 0 Å². The van der Waals surface area contributed by atoms with Gasteiger partial charge in [0, 0.05) is 18.9 Å². The van der Waals surface area contributed by atoms with Gasteiger partial charge in [0.05, 0.1) is 5.56 Å². The van der Waals surface area contributed by atoms with Crippen LogP contribution in [0.4, 0.5) is 0 Å². The van der Waals surface area contributed by atoms with Crippen LogP contribution < -0.4 is 5.32 Å². The summed E-state index contributed by atoms with van der Waals surface area (Å²) < 4.78 is 0. The van der Waals surface area contributed by atoms with Crippen LogP contribution in [-0.2, 0) is 0 Å². The zero-order valence-electron chi connectivity index (χ0n) is 8.10. The van der Waals surface area contributed by atoms with Crippen molar-refractivity contribution in [1.82, 2.24) is 10.3 Å². The van der Waals surface area contributed by atoms with E-state index in [1.165, 1.54) is 0 Å². The highest BCUT2D eigenvalue weighted by Crippen LogP contribution is 1.98. The normalized spacial score (nSPS) is 12.1. The fourth-order valence-corrected chi connectivity index (χ4v) is 1.06. The quantitative estimate of drug-likeness (QED) is 0.737. The fourth-order valence-electron chi connectivity index (χ4n) is 0.931. The molecule has 1 aromatic heterocycles. The number of carbonyl (C=O) groups is 1. The third-order valence-corrected chi connectivity index (χ3v) is 2.47. The first kappa shape index (κ1) is 11.0. The molecule has 0 aliphatic carbocycles. The van der Waals surface area contributed by atoms with E-state index in [4.69, 9.17) is 0 Å². The molecule has 76 valence electrons. The minimum atomic E-state index is -0.0771. The number of hydrogen-bond donors (Lipinski definition) is 2. The summed E-state index contributed by atoms with van der Waals surface area (Å²) >= 11 is 4.14. The summed E-state index contributed by atoms with van der Waals surface area (Å²) in [6.45, 7) is 2.69. The molecule has 1 N–H and O–H groups in total. The first-order valence-electron chi connectivity index (χ1n) is 4.53. The van der Waals surface area contributed by atoms with Crippen LogP contribution in [0.2, 0.25) is 0 Å². The van der Waals surface area contributed by atoms with E-state index in [9.17, 15) is 4.79 Å². The molecule has 0 radical (unpaired) electrons. The second kappa shape index (κ2) is 5.65. The van der Waals surface area contributed by atoms with E-state index >= 15 is 0 Å². The molecule has 0 saturated heterocycles. The van der Waals surface area contributed by atoms with Gasteiger partial charge in [0.1, 0.15) is 0 Å². The van der Waals surface area contributed by atoms with E-state index in [0.29, 0.717) is 18.0 Å². The molecule has 3 nitrogen and oxygen atoms in total. The number of thiol groups is 1. The van der Waals surface area contributed by atoms with E-state index in [1.54, 1.807) is 24.5 Å². The predicted molar refractivity (Wildman–Crippen MR) is 59.6 cm³/mol. The Morgan fingerprint density at radius 2 is 2.50 bits per heavy atom. The molecule has 1 amide bonds. The topological polar surface area (TPSA) is 42.0 Å². The van der Waals surface area contributed by atoms with Gasteiger partial charge >= 0.3 is 0 Å². The number of carbonyl (C=O) groups excluding carboxylic acids is 1. The fraction of sp³-hybridized carbons (Fsp3) is 0.400. The van der Waals surface area contributed by atoms with Crippen molar-refractivity contribution in [2.45, 2.75) is 6.92 Å². The molecule has 1 heterocycles. The van der Waals surface area contributed by atoms with Gasteiger partial charge in [0.15, 0.2) is 0 Å². The summed E-state index contributed by atoms with van der Waals surface area (Å²) in [6.07, 6.45) is 3.20. The number of amides is 1. The van der Waals surface area contributed by atoms with Crippen LogP contribution in [0.5, 0.6) is 0 Å². The summed E-state index contributed by atoms with van der Waals surface area (Å²) in [7, 11) is 0. The van der Waals surface area contributed by atoms with E-state index in [2.05, 4.69) is 22.9 Å². The molecular weight excluding hydrogens is 196 g/mol. The number of hydrogen-bond acceptors (Lipinski definition) is 3. The molecule has 0 saturated carbocycles. The summed E-state index contributed by atoms with van der Waals surface area (Å²) in [5, 5.41) is 2.82. The Hall–Kier alpha value is -1.03. The first-order valence-corrected chi connectivity index (χ1v) is 5.16. The Morgan fingerprint density at radius 1 is 1.71 bits per heavy atom. The Kier molecular flexibility index (Phi) is 4.46. The zero-order valence-corrected chi connectivity index (χ0v) is 9.00. The Bertz CT molecular complexity index is 289. The number of nitrogens with one attached hydrogen (secondary N) is 1. The zero-order chi connectivity index (χ0) is 10.4. The van der Waals surface area contributed by atoms with Crippen molar-refractivity contribution < 1.29 is 4.79 Å². The summed E-state index contributed by atoms with van der Waals surface area (Å²) in [5.74, 6) is 1.08. The van der Waals surface area contributed by atoms with Gasteiger partial charge in [-0.1, -0.05) is 6.92 Å². The Morgan fingerprint density at radius 3 is 3.07 bits per heavy atom. The average molecular weight is 210 g/mol. The predicted octanol–water partition coefficient (Wildman–Crippen LogP) is 1.38. The number of pyridine rings is 1. The van der Waals surface area contributed by atoms with E-state index in [-0.39, 0.29) is 5.91 Å². The maximum atomic E-state index is 11.5. The molecule has 0 aliphatic heterocycles. The SMILES string of the molecule is CC(CS)CNC(=O)c1cccnc1. The Labute approximate surface area is 89.3 Å². The minimum Gasteiger partial charge on any atom is -0.352 e. The molecule has 4 heteroatoms. The van der Waals surface area contributed by atoms with Crippen molar-refractivity contribution in [3.05, 3.63) is 30.1 Å². The Balaban J connectivity index is 2.44. The van der Waals surface area contributed by atoms with Gasteiger partial charge in [-0.15, -0.1) is 0 Å². The highest BCUT2D eigenvalue weighted by atomic mass is 32.1. The molecular formula is C10H14N2OS. The number of nitrogens with zero attached hydrogens (tertiary/aromatic N) is 1. The van der Waals surface area contributed by atoms with Gasteiger partial charge in [-0.2, -0.15) is 12.6 Å². The van der Waals surface area contributed by atoms with Crippen molar-refractivity contribution in [1.29, 1.82) is 0 Å². The molecule has 1 unspecified atom stereocenters. The van der Waals surface area contributed by atoms with Crippen LogP contribution in [0.25, 0.3) is 0 Å². The van der Waals surface area contributed by atoms with Crippen LogP contribution in [0.3, 0.4) is 0 Å². The van der Waals surface area contributed by atoms with Gasteiger partial charge in [0.25, 0.3) is 5.91 Å². The van der Waals surface area contributed by atoms with Gasteiger partial charge in [-0.3, -0.25) is 9.78 Å². The van der Waals surface area contributed by atoms with Crippen LogP contribution in [0.1, 0.15) is 17.3 Å². The first-order chi connectivity index (χ1) is 6.74. The van der Waals surface area contributed by atoms with Crippen molar-refractivity contribution in [2.24, 2.45) is 5.92 Å². The number of rotatable bonds is 4. The molecule has 14 heavy (non-hydrogen) atoms. The molecule has 0 aromatic carbocycles. The monoisotopic (exact) mass is 210 g/mol. The molecule has 0 bridgehead atoms. The lowest BCUT2D eigenvalue weighted by Gasteiger charge is -2.09. The second-order valence-electron chi connectivity index (χ2n) is 3.24. The van der Waals surface area contributed by atoms with E-state index in [1.807, 2.05) is 6.92 Å². The summed E-state index contributed by atoms with van der Waals surface area (Å²) in [5.41, 5.74) is 0.596. The lowest BCUT2D eigenvalue weighted by molar-refractivity contribution is 0.0949. The average Bonchev–Trinajstić information content (AvgIpc) is 2.26. The smallest absolute Gasteiger partial charge is 0.252 e. The maximum absolute atomic E-state index is 11.5. The number of aromatic nitrogens is 1. The van der Waals surface area contributed by atoms with Crippen molar-refractivity contribution in [3.63, 3.8) is 0 Å². The van der Waals surface area contributed by atoms with Gasteiger partial charge in [-0.05, 0) is 23.8 Å². The molecule has 0 spiro atoms. The van der Waals surface area contributed by atoms with Crippen LogP contribution in [-0.4, -0.2) is 23.2 Å². The largest absolute Gasteiger partial charge is 0.352 e. The maximum Gasteiger partial charge on any atom is 0.252 e. The van der Waals surface area contributed by atoms with Crippen molar-refractivity contribution in [3.8, 4) is 0 Å². The highest BCUT2D eigenvalue weighted by Gasteiger charge is 2.05. The lowest BCUT2D eigenvalue weighted by Crippen LogP contribution is -2.28. The lowest BCUT2D eigenvalue weighted by atomic mass is 10.2. The highest BCUT2D eigenvalue weighted by molar-refractivity contribution is 7.80. The van der Waals surface area contributed by atoms with Crippen LogP contribution >= 0.6 is 12.6 Å². The molecule has 1 rings (SSSR count). The van der Waals surface area contributed by atoms with E-state index < -0.39 is 0 Å². The molecule has 0 aliphatic rings. The summed E-state index contributed by atoms with van der Waals surface area (Å²) in [6, 6.07) is 3.49. The second-order valence-corrected chi connectivity index (χ2v) is 3.60. The molecule has 0 fully saturated rings. The van der Waals surface area contributed by atoms with Crippen LogP contribution in [0, 0.1) is 5.92 Å². The third kappa shape index (κ3) is 3.38. The molecule has 1 aromatic rings. The minimum absolute atomic E-state index is 0.0771. The van der Waals surface area contributed by atoms with Gasteiger partial charge in [0.2, 0.25) is 0 Å². The van der Waals surface area contributed by atoms with Crippen molar-refractivity contribution in [2.75, 3.05) is 12.3 Å². The summed E-state index contributed by atoms with van der Waals surface area (Å²) in [4.78, 5) is 15.4. The third-order valence-electron chi connectivity index (χ3n) is 1.85. The van der Waals surface area contributed by atoms with Gasteiger partial charge < -0.3 is 5.32 Å². The van der Waals surface area contributed by atoms with E-state index in [0.717, 1.165) is 5.75 Å². The van der Waals surface area contributed by atoms with Crippen molar-refractivity contribution >= 4 is 18.5 Å². The van der Waals surface area contributed by atoms with Crippen LogP contribution in [0.15, 0.2) is 24.5 Å². The standard InChI is InChI=1S/C10H14N2OS/c1-8(7-14)5-12-10(13)9-3-2-4-11-6-9/h2-4,6,8,14H,5,7H2,1H3,(H,12,13). The molecule has 1 atom stereocenters.